The van der Waals surface area contributed by atoms with E-state index >= 15 is 0 Å². The van der Waals surface area contributed by atoms with Crippen LogP contribution < -0.4 is 5.14 Å². The van der Waals surface area contributed by atoms with Crippen molar-refractivity contribution < 1.29 is 0 Å². The van der Waals surface area contributed by atoms with Crippen LogP contribution in [0.1, 0.15) is 0 Å². The fourth-order valence-electron chi connectivity index (χ4n) is 0.550. The van der Waals surface area contributed by atoms with Crippen LogP contribution >= 0.6 is 35.1 Å². The van der Waals surface area contributed by atoms with Crippen LogP contribution in [-0.4, -0.2) is 0 Å². The van der Waals surface area contributed by atoms with Crippen molar-refractivity contribution >= 4 is 35.1 Å². The first kappa shape index (κ1) is 8.21. The minimum atomic E-state index is 0.539. The summed E-state index contributed by atoms with van der Waals surface area (Å²) in [5, 5.41) is 6.38. The van der Waals surface area contributed by atoms with E-state index in [-0.39, 0.29) is 0 Å². The molecule has 0 atom stereocenters. The highest BCUT2D eigenvalue weighted by Crippen LogP contribution is 2.25. The number of benzene rings is 1. The van der Waals surface area contributed by atoms with Gasteiger partial charge in [0.25, 0.3) is 0 Å². The average Bonchev–Trinajstić information content (AvgIpc) is 1.95. The number of rotatable bonds is 1. The largest absolute Gasteiger partial charge is 0.274 e. The number of hydrogen-bond donors (Lipinski definition) is 1. The standard InChI is InChI=1S/C6H5Cl2NS/c7-5-2-1-4(10-9)3-6(5)8/h1-3H,9H2. The van der Waals surface area contributed by atoms with E-state index in [4.69, 9.17) is 28.3 Å². The minimum Gasteiger partial charge on any atom is -0.274 e. The fraction of sp³-hybridized carbons (Fsp3) is 0. The quantitative estimate of drug-likeness (QED) is 0.695. The predicted molar refractivity (Wildman–Crippen MR) is 46.5 cm³/mol. The Morgan fingerprint density at radius 3 is 2.40 bits per heavy atom. The molecule has 4 heteroatoms. The molecule has 1 aromatic carbocycles. The van der Waals surface area contributed by atoms with Crippen molar-refractivity contribution in [2.24, 2.45) is 5.14 Å². The topological polar surface area (TPSA) is 26.0 Å². The van der Waals surface area contributed by atoms with Crippen LogP contribution in [0.4, 0.5) is 0 Å². The molecule has 0 aromatic heterocycles. The molecule has 0 aliphatic rings. The van der Waals surface area contributed by atoms with Crippen LogP contribution in [0.25, 0.3) is 0 Å². The highest BCUT2D eigenvalue weighted by Gasteiger charge is 1.96. The average molecular weight is 194 g/mol. The first-order valence-electron chi connectivity index (χ1n) is 2.56. The van der Waals surface area contributed by atoms with E-state index in [1.807, 2.05) is 6.07 Å². The third kappa shape index (κ3) is 1.80. The van der Waals surface area contributed by atoms with Crippen LogP contribution in [0.2, 0.25) is 10.0 Å². The summed E-state index contributed by atoms with van der Waals surface area (Å²) in [5.74, 6) is 0. The molecular weight excluding hydrogens is 189 g/mol. The molecule has 0 spiro atoms. The number of halogens is 2. The maximum absolute atomic E-state index is 5.69. The lowest BCUT2D eigenvalue weighted by atomic mass is 10.4. The molecule has 0 saturated carbocycles. The van der Waals surface area contributed by atoms with Gasteiger partial charge in [0.15, 0.2) is 0 Å². The maximum atomic E-state index is 5.69. The van der Waals surface area contributed by atoms with E-state index in [2.05, 4.69) is 0 Å². The van der Waals surface area contributed by atoms with Gasteiger partial charge in [-0.1, -0.05) is 23.2 Å². The molecule has 0 unspecified atom stereocenters. The van der Waals surface area contributed by atoms with Gasteiger partial charge in [-0.3, -0.25) is 5.14 Å². The Kier molecular flexibility index (Phi) is 2.86. The van der Waals surface area contributed by atoms with E-state index < -0.39 is 0 Å². The predicted octanol–water partition coefficient (Wildman–Crippen LogP) is 2.96. The van der Waals surface area contributed by atoms with Crippen LogP contribution in [0.15, 0.2) is 23.1 Å². The van der Waals surface area contributed by atoms with Crippen LogP contribution in [0.3, 0.4) is 0 Å². The third-order valence-corrected chi connectivity index (χ3v) is 2.29. The number of nitrogens with two attached hydrogens (primary N) is 1. The van der Waals surface area contributed by atoms with Crippen molar-refractivity contribution in [3.8, 4) is 0 Å². The van der Waals surface area contributed by atoms with Gasteiger partial charge < -0.3 is 0 Å². The zero-order valence-corrected chi connectivity index (χ0v) is 7.30. The lowest BCUT2D eigenvalue weighted by molar-refractivity contribution is 1.46. The summed E-state index contributed by atoms with van der Waals surface area (Å²) in [5.41, 5.74) is 0. The SMILES string of the molecule is NSc1ccc(Cl)c(Cl)c1. The Labute approximate surface area is 73.6 Å². The second-order valence-corrected chi connectivity index (χ2v) is 3.22. The molecule has 1 nitrogen and oxygen atoms in total. The highest BCUT2D eigenvalue weighted by molar-refractivity contribution is 7.97. The van der Waals surface area contributed by atoms with Gasteiger partial charge >= 0.3 is 0 Å². The van der Waals surface area contributed by atoms with Gasteiger partial charge in [0.1, 0.15) is 0 Å². The molecule has 0 radical (unpaired) electrons. The molecule has 0 bridgehead atoms. The van der Waals surface area contributed by atoms with Crippen molar-refractivity contribution in [3.05, 3.63) is 28.2 Å². The van der Waals surface area contributed by atoms with Gasteiger partial charge in [-0.25, -0.2) is 0 Å². The van der Waals surface area contributed by atoms with Gasteiger partial charge in [0.2, 0.25) is 0 Å². The summed E-state index contributed by atoms with van der Waals surface area (Å²) in [6.45, 7) is 0. The van der Waals surface area contributed by atoms with Crippen molar-refractivity contribution in [1.82, 2.24) is 0 Å². The monoisotopic (exact) mass is 193 g/mol. The van der Waals surface area contributed by atoms with Gasteiger partial charge in [-0.2, -0.15) is 0 Å². The Bertz CT molecular complexity index is 239. The van der Waals surface area contributed by atoms with Crippen molar-refractivity contribution in [3.63, 3.8) is 0 Å². The van der Waals surface area contributed by atoms with Gasteiger partial charge in [-0.15, -0.1) is 0 Å². The molecule has 1 aromatic rings. The minimum absolute atomic E-state index is 0.539. The van der Waals surface area contributed by atoms with E-state index in [0.717, 1.165) is 16.8 Å². The summed E-state index contributed by atoms with van der Waals surface area (Å²) in [4.78, 5) is 0.911. The Morgan fingerprint density at radius 2 is 1.90 bits per heavy atom. The molecule has 0 fully saturated rings. The van der Waals surface area contributed by atoms with Crippen LogP contribution in [-0.2, 0) is 0 Å². The fourth-order valence-corrected chi connectivity index (χ4v) is 1.25. The van der Waals surface area contributed by atoms with E-state index in [1.165, 1.54) is 0 Å². The third-order valence-electron chi connectivity index (χ3n) is 1.03. The van der Waals surface area contributed by atoms with E-state index in [0.29, 0.717) is 10.0 Å². The van der Waals surface area contributed by atoms with E-state index in [1.54, 1.807) is 12.1 Å². The Morgan fingerprint density at radius 1 is 1.20 bits per heavy atom. The molecule has 0 aliphatic carbocycles. The summed E-state index contributed by atoms with van der Waals surface area (Å²) in [6, 6.07) is 5.27. The number of hydrogen-bond acceptors (Lipinski definition) is 2. The van der Waals surface area contributed by atoms with Gasteiger partial charge in [-0.05, 0) is 30.1 Å². The summed E-state index contributed by atoms with van der Waals surface area (Å²) in [7, 11) is 0. The zero-order valence-electron chi connectivity index (χ0n) is 4.97. The normalized spacial score (nSPS) is 9.90. The molecule has 10 heavy (non-hydrogen) atoms. The lowest BCUT2D eigenvalue weighted by Crippen LogP contribution is -1.78. The Balaban J connectivity index is 3.04. The summed E-state index contributed by atoms with van der Waals surface area (Å²) < 4.78 is 0. The molecular formula is C6H5Cl2NS. The highest BCUT2D eigenvalue weighted by atomic mass is 35.5. The molecule has 0 amide bonds. The second-order valence-electron chi connectivity index (χ2n) is 1.69. The molecule has 0 saturated heterocycles. The first-order valence-corrected chi connectivity index (χ1v) is 4.19. The lowest BCUT2D eigenvalue weighted by Gasteiger charge is -1.96. The van der Waals surface area contributed by atoms with E-state index in [9.17, 15) is 0 Å². The molecule has 54 valence electrons. The summed E-state index contributed by atoms with van der Waals surface area (Å²) >= 11 is 12.5. The van der Waals surface area contributed by atoms with Gasteiger partial charge in [0.05, 0.1) is 10.0 Å². The molecule has 2 N–H and O–H groups in total. The first-order chi connectivity index (χ1) is 4.74. The smallest absolute Gasteiger partial charge is 0.0603 e. The summed E-state index contributed by atoms with van der Waals surface area (Å²) in [6.07, 6.45) is 0. The zero-order chi connectivity index (χ0) is 7.56. The van der Waals surface area contributed by atoms with Crippen molar-refractivity contribution in [2.45, 2.75) is 4.90 Å². The second kappa shape index (κ2) is 3.49. The van der Waals surface area contributed by atoms with Gasteiger partial charge in [0, 0.05) is 4.90 Å². The van der Waals surface area contributed by atoms with Crippen molar-refractivity contribution in [2.75, 3.05) is 0 Å². The maximum Gasteiger partial charge on any atom is 0.0603 e. The van der Waals surface area contributed by atoms with Crippen molar-refractivity contribution in [1.29, 1.82) is 0 Å². The molecule has 1 rings (SSSR count). The molecule has 0 heterocycles. The molecule has 0 aliphatic heterocycles. The Hall–Kier alpha value is 0.110. The van der Waals surface area contributed by atoms with Crippen LogP contribution in [0, 0.1) is 0 Å². The van der Waals surface area contributed by atoms with Crippen LogP contribution in [0.5, 0.6) is 0 Å².